The maximum Gasteiger partial charge on any atom is 3.00 e. The van der Waals surface area contributed by atoms with Crippen LogP contribution in [0.25, 0.3) is 0 Å². The molecule has 20 nitrogen and oxygen atoms in total. The topological polar surface area (TPSA) is 229 Å². The van der Waals surface area contributed by atoms with E-state index in [9.17, 15) is 40.9 Å². The van der Waals surface area contributed by atoms with Gasteiger partial charge in [-0.2, -0.15) is 0 Å². The molecule has 8 rings (SSSR count). The van der Waals surface area contributed by atoms with Crippen LogP contribution in [0.1, 0.15) is 139 Å². The maximum atomic E-state index is 12.2. The molecule has 0 saturated heterocycles. The second-order valence-corrected chi connectivity index (χ2v) is 36.3. The molecule has 0 spiro atoms. The van der Waals surface area contributed by atoms with E-state index in [-0.39, 0.29) is 177 Å². The molecule has 124 heavy (non-hydrogen) atoms. The minimum Gasteiger partial charge on any atom is -0.872 e. The smallest absolute Gasteiger partial charge is 0.872 e. The summed E-state index contributed by atoms with van der Waals surface area (Å²) in [4.78, 5) is 20.6. The Morgan fingerprint density at radius 3 is 0.500 bits per heavy atom. The molecule has 0 aliphatic carbocycles. The van der Waals surface area contributed by atoms with Crippen LogP contribution in [0.3, 0.4) is 0 Å². The van der Waals surface area contributed by atoms with Crippen LogP contribution < -0.4 is 124 Å². The molecular weight excluding hydrogens is 1820 g/mol. The number of aryl methyl sites for hydroxylation is 6. The monoisotopic (exact) mass is 1980 g/mol. The van der Waals surface area contributed by atoms with Crippen molar-refractivity contribution in [2.45, 2.75) is 159 Å². The second kappa shape index (κ2) is 64.6. The number of rotatable bonds is 24. The van der Waals surface area contributed by atoms with E-state index in [2.05, 4.69) is 94.2 Å². The Hall–Kier alpha value is -4.13. The molecule has 8 aromatic rings. The van der Waals surface area contributed by atoms with Crippen molar-refractivity contribution in [3.8, 4) is 58.2 Å². The van der Waals surface area contributed by atoms with Gasteiger partial charge in [-0.05, 0) is 231 Å². The van der Waals surface area contributed by atoms with E-state index < -0.39 is 11.2 Å². The molecule has 8 aromatic carbocycles. The van der Waals surface area contributed by atoms with Crippen LogP contribution >= 0.6 is 0 Å². The van der Waals surface area contributed by atoms with Gasteiger partial charge in [0, 0.05) is 56.9 Å². The molecule has 0 bridgehead atoms. The molecule has 0 aromatic heterocycles. The van der Waals surface area contributed by atoms with E-state index in [1.165, 1.54) is 52.3 Å². The number of nitrogens with zero attached hydrogens (tertiary/aromatic N) is 7. The zero-order chi connectivity index (χ0) is 91.8. The van der Waals surface area contributed by atoms with Gasteiger partial charge in [0.15, 0.2) is 0 Å². The first-order valence-corrected chi connectivity index (χ1v) is 41.4. The van der Waals surface area contributed by atoms with Gasteiger partial charge < -0.3 is 99.7 Å². The van der Waals surface area contributed by atoms with Crippen LogP contribution in [0.4, 0.5) is 0 Å². The summed E-state index contributed by atoms with van der Waals surface area (Å²) in [7, 11) is 48.4. The Morgan fingerprint density at radius 1 is 0.250 bits per heavy atom. The fourth-order valence-electron chi connectivity index (χ4n) is 12.8. The Labute approximate surface area is 863 Å². The number of quaternary nitrogens is 5. The van der Waals surface area contributed by atoms with Crippen molar-refractivity contribution in [1.29, 1.82) is 0 Å². The zero-order valence-corrected chi connectivity index (χ0v) is 93.4. The van der Waals surface area contributed by atoms with E-state index in [0.717, 1.165) is 149 Å². The predicted molar refractivity (Wildman–Crippen MR) is 483 cm³/mol. The maximum absolute atomic E-state index is 12.2. The van der Waals surface area contributed by atoms with Gasteiger partial charge in [-0.1, -0.05) is 228 Å². The Balaban J connectivity index is -0.000000662. The van der Waals surface area contributed by atoms with E-state index in [1.807, 2.05) is 308 Å². The fraction of sp³-hybridized carbons (Fsp3) is 0.480. The van der Waals surface area contributed by atoms with Crippen LogP contribution in [0.15, 0.2) is 133 Å². The first-order chi connectivity index (χ1) is 55.5. The van der Waals surface area contributed by atoms with Crippen molar-refractivity contribution >= 4 is 0 Å². The van der Waals surface area contributed by atoms with Gasteiger partial charge in [0.1, 0.15) is 32.7 Å². The molecule has 0 aliphatic rings. The predicted octanol–water partition coefficient (Wildman–Crippen LogP) is -3.57. The third-order valence-electron chi connectivity index (χ3n) is 17.0. The van der Waals surface area contributed by atoms with Gasteiger partial charge in [-0.3, -0.25) is 0 Å². The van der Waals surface area contributed by atoms with E-state index in [4.69, 9.17) is 0 Å². The number of nitrogens with one attached hydrogen (secondary N) is 5. The van der Waals surface area contributed by atoms with Crippen LogP contribution in [-0.2, 0) is 78.5 Å². The summed E-state index contributed by atoms with van der Waals surface area (Å²) in [5.41, 5.74) is 17.4. The van der Waals surface area contributed by atoms with Crippen molar-refractivity contribution in [3.05, 3.63) is 245 Å². The van der Waals surface area contributed by atoms with Gasteiger partial charge in [0.25, 0.3) is 0 Å². The van der Waals surface area contributed by atoms with Gasteiger partial charge in [-0.25, -0.2) is 0 Å². The molecule has 0 heterocycles. The molecule has 666 valence electrons. The van der Waals surface area contributed by atoms with Gasteiger partial charge >= 0.3 is 143 Å². The molecule has 0 atom stereocenters. The fourth-order valence-corrected chi connectivity index (χ4v) is 12.8. The molecule has 0 aliphatic heterocycles. The first-order valence-electron chi connectivity index (χ1n) is 41.4. The summed E-state index contributed by atoms with van der Waals surface area (Å²) >= 11 is 0. The van der Waals surface area contributed by atoms with Crippen LogP contribution in [-0.4, -0.2) is 215 Å². The number of benzene rings is 8. The molecule has 2 radical (unpaired) electrons. The largest absolute Gasteiger partial charge is 3.00 e. The van der Waals surface area contributed by atoms with Crippen molar-refractivity contribution in [3.63, 3.8) is 0 Å². The quantitative estimate of drug-likeness (QED) is 0.0292. The molecule has 0 fully saturated rings. The number of hydrogen-bond acceptors (Lipinski definition) is 15. The van der Waals surface area contributed by atoms with Crippen molar-refractivity contribution in [1.82, 2.24) is 34.3 Å². The third kappa shape index (κ3) is 57.1. The average Bonchev–Trinajstić information content (AvgIpc) is 0.864. The Bertz CT molecular complexity index is 3660. The third-order valence-corrected chi connectivity index (χ3v) is 17.0. The summed E-state index contributed by atoms with van der Waals surface area (Å²) in [6.07, 6.45) is 0. The van der Waals surface area contributed by atoms with Crippen molar-refractivity contribution in [2.24, 2.45) is 0 Å². The van der Waals surface area contributed by atoms with E-state index >= 15 is 0 Å². The molecule has 0 unspecified atom stereocenters. The summed E-state index contributed by atoms with van der Waals surface area (Å²) in [5.74, 6) is 12.1. The van der Waals surface area contributed by atoms with E-state index in [1.54, 1.807) is 27.7 Å². The van der Waals surface area contributed by atoms with Gasteiger partial charge in [-0.15, -0.1) is 11.8 Å². The standard InChI is InChI=1S/6C13H22N2O.2C11H11O.2Ce.2Na/c6*1-10-6-11(8-14(2)3)13(16)12(7-10)9-15(4)5;2*1-11(2,12)9-8-10-6-4-3-5-7-10;;;;/h6*6-7,16H,8-9H2,1-5H3;2*3-7H,1-2H3;;;;/q;;;;;;2*-1;2*+3;2*+1/p-1. The van der Waals surface area contributed by atoms with Crippen molar-refractivity contribution in [2.75, 3.05) is 169 Å². The zero-order valence-electron chi connectivity index (χ0n) is 83.1. The Kier molecular flexibility index (Phi) is 65.7. The van der Waals surface area contributed by atoms with Gasteiger partial charge in [0.2, 0.25) is 0 Å². The summed E-state index contributed by atoms with van der Waals surface area (Å²) in [6.45, 7) is 27.5. The first kappa shape index (κ1) is 126. The second-order valence-electron chi connectivity index (χ2n) is 36.3. The molecule has 5 N–H and O–H groups in total. The summed E-state index contributed by atoms with van der Waals surface area (Å²) < 4.78 is 0. The minimum absolute atomic E-state index is 0. The van der Waals surface area contributed by atoms with Crippen LogP contribution in [0.2, 0.25) is 0 Å². The summed E-state index contributed by atoms with van der Waals surface area (Å²) in [6, 6.07) is 43.0. The molecular formula is C100H153Ce2N12Na2O8+5. The molecule has 0 amide bonds. The number of hydrogen-bond donors (Lipinski definition) is 5. The summed E-state index contributed by atoms with van der Waals surface area (Å²) in [5, 5.41) is 95.1. The van der Waals surface area contributed by atoms with Crippen LogP contribution in [0, 0.1) is 149 Å². The minimum atomic E-state index is -1.16. The SMILES string of the molecule is CC(C)([O-])C#Cc1ccccc1.CC(C)([O-])C#Cc1ccccc1.Cc1cc(CN(C)C)c([O-])c(CN(C)C)c1.Cc1cc(CN(C)C)c([O-])c(C[NH+](C)C)c1.Cc1cc(CN(C)C)c([O-])c(C[NH+](C)C)c1.Cc1cc(CN(C)C)c([O-])c(C[NH+](C)C)c1.Cc1cc(CN(C)C)c([O-])c(C[NH+](C)C)c1.Cc1cc(CN(C)C)c([O-])c(C[NH+](C)C)c1.[Ce+3].[Ce+3].[Na+].[Na+]. The van der Waals surface area contributed by atoms with Gasteiger partial charge in [0.05, 0.1) is 70.5 Å². The normalized spacial score (nSPS) is 10.8. The molecule has 24 heteroatoms. The van der Waals surface area contributed by atoms with E-state index in [0.29, 0.717) is 13.1 Å². The van der Waals surface area contributed by atoms with Crippen molar-refractivity contribution < 1.29 is 208 Å². The molecule has 0 saturated carbocycles. The van der Waals surface area contributed by atoms with Crippen LogP contribution in [0.5, 0.6) is 34.5 Å². The average molecular weight is 1980 g/mol. The Morgan fingerprint density at radius 2 is 0.379 bits per heavy atom.